The van der Waals surface area contributed by atoms with E-state index in [2.05, 4.69) is 17.2 Å². The molecule has 0 heterocycles. The summed E-state index contributed by atoms with van der Waals surface area (Å²) in [6, 6.07) is 28.5. The molecule has 0 fully saturated rings. The molecule has 0 aliphatic rings. The minimum atomic E-state index is -4.92. The number of aliphatic hydroxyl groups excluding tert-OH is 1. The summed E-state index contributed by atoms with van der Waals surface area (Å²) in [7, 11) is 0. The number of rotatable bonds is 6. The molecule has 0 saturated carbocycles. The lowest BCUT2D eigenvalue weighted by Gasteiger charge is -2.39. The smallest absolute Gasteiger partial charge is 0.376 e. The number of alkyl halides is 3. The fourth-order valence-corrected chi connectivity index (χ4v) is 4.50. The van der Waals surface area contributed by atoms with Crippen molar-refractivity contribution in [2.45, 2.75) is 31.7 Å². The van der Waals surface area contributed by atoms with E-state index in [1.165, 1.54) is 0 Å². The van der Waals surface area contributed by atoms with Gasteiger partial charge < -0.3 is 10.4 Å². The molecule has 0 radical (unpaired) electrons. The van der Waals surface area contributed by atoms with Crippen LogP contribution >= 0.6 is 0 Å². The Labute approximate surface area is 220 Å². The highest BCUT2D eigenvalue weighted by Crippen LogP contribution is 2.46. The molecule has 1 atom stereocenters. The first-order valence-corrected chi connectivity index (χ1v) is 12.2. The molecule has 0 spiro atoms. The summed E-state index contributed by atoms with van der Waals surface area (Å²) in [6.45, 7) is 3.58. The van der Waals surface area contributed by atoms with Crippen molar-refractivity contribution in [1.82, 2.24) is 0 Å². The lowest BCUT2D eigenvalue weighted by Crippen LogP contribution is -2.39. The molecule has 6 heteroatoms. The first-order valence-electron chi connectivity index (χ1n) is 12.2. The minimum absolute atomic E-state index is 0.145. The Morgan fingerprint density at radius 3 is 1.55 bits per heavy atom. The third-order valence-electron chi connectivity index (χ3n) is 6.18. The number of hydrogen-bond acceptors (Lipinski definition) is 2. The van der Waals surface area contributed by atoms with E-state index in [1.54, 1.807) is 50.2 Å². The average Bonchev–Trinajstić information content (AvgIpc) is 2.91. The van der Waals surface area contributed by atoms with Crippen LogP contribution in [-0.4, -0.2) is 5.11 Å². The van der Waals surface area contributed by atoms with E-state index in [-0.39, 0.29) is 11.5 Å². The highest BCUT2D eigenvalue weighted by atomic mass is 19.4. The van der Waals surface area contributed by atoms with E-state index >= 15 is 0 Å². The van der Waals surface area contributed by atoms with Crippen LogP contribution in [0.5, 0.6) is 0 Å². The maximum atomic E-state index is 14.6. The summed E-state index contributed by atoms with van der Waals surface area (Å²) >= 11 is 0. The van der Waals surface area contributed by atoms with Crippen molar-refractivity contribution in [3.05, 3.63) is 137 Å². The highest BCUT2D eigenvalue weighted by Gasteiger charge is 2.42. The monoisotopic (exact) mass is 517 g/mol. The Hall–Kier alpha value is -4.08. The zero-order chi connectivity index (χ0) is 27.3. The maximum Gasteiger partial charge on any atom is 0.418 e. The molecule has 0 amide bonds. The van der Waals surface area contributed by atoms with Gasteiger partial charge in [0.2, 0.25) is 0 Å². The van der Waals surface area contributed by atoms with Gasteiger partial charge in [0.25, 0.3) is 0 Å². The molecular weight excluding hydrogens is 490 g/mol. The summed E-state index contributed by atoms with van der Waals surface area (Å²) in [5, 5.41) is 14.1. The van der Waals surface area contributed by atoms with Gasteiger partial charge in [0, 0.05) is 11.5 Å². The molecule has 0 aliphatic heterocycles. The molecule has 0 aliphatic carbocycles. The quantitative estimate of drug-likeness (QED) is 0.155. The molecule has 0 aromatic heterocycles. The largest absolute Gasteiger partial charge is 0.418 e. The van der Waals surface area contributed by atoms with E-state index in [0.29, 0.717) is 22.8 Å². The van der Waals surface area contributed by atoms with E-state index in [0.717, 1.165) is 6.07 Å². The van der Waals surface area contributed by atoms with Crippen LogP contribution in [0.4, 0.5) is 23.2 Å². The second kappa shape index (κ2) is 11.1. The van der Waals surface area contributed by atoms with Crippen LogP contribution in [0.25, 0.3) is 0 Å². The van der Waals surface area contributed by atoms with Crippen LogP contribution in [0.2, 0.25) is 0 Å². The minimum Gasteiger partial charge on any atom is -0.376 e. The summed E-state index contributed by atoms with van der Waals surface area (Å²) < 4.78 is 57.9. The summed E-state index contributed by atoms with van der Waals surface area (Å²) in [4.78, 5) is 0. The van der Waals surface area contributed by atoms with Crippen molar-refractivity contribution in [3.8, 4) is 11.8 Å². The summed E-state index contributed by atoms with van der Waals surface area (Å²) in [6.07, 6.45) is -6.57. The summed E-state index contributed by atoms with van der Waals surface area (Å²) in [5.41, 5.74) is -1.33. The van der Waals surface area contributed by atoms with E-state index in [4.69, 9.17) is 0 Å². The molecule has 0 bridgehead atoms. The fraction of sp³-hybridized carbons (Fsp3) is 0.188. The SMILES string of the molecule is CC(C)C#CC(O)c1cc(F)cc(C(F)(F)F)c1NC(c1ccccc1)(c1ccccc1)c1ccccc1. The Balaban J connectivity index is 2.10. The Bertz CT molecular complexity index is 1330. The lowest BCUT2D eigenvalue weighted by molar-refractivity contribution is -0.137. The van der Waals surface area contributed by atoms with Gasteiger partial charge in [0.05, 0.1) is 11.3 Å². The van der Waals surface area contributed by atoms with Crippen molar-refractivity contribution in [2.24, 2.45) is 5.92 Å². The highest BCUT2D eigenvalue weighted by molar-refractivity contribution is 5.68. The van der Waals surface area contributed by atoms with Gasteiger partial charge in [0.15, 0.2) is 0 Å². The van der Waals surface area contributed by atoms with Gasteiger partial charge in [-0.1, -0.05) is 117 Å². The van der Waals surface area contributed by atoms with Crippen LogP contribution in [0, 0.1) is 23.6 Å². The van der Waals surface area contributed by atoms with Gasteiger partial charge in [-0.2, -0.15) is 13.2 Å². The van der Waals surface area contributed by atoms with Crippen molar-refractivity contribution in [1.29, 1.82) is 0 Å². The molecule has 4 aromatic rings. The van der Waals surface area contributed by atoms with Gasteiger partial charge in [-0.15, -0.1) is 0 Å². The number of nitrogens with one attached hydrogen (secondary N) is 1. The first kappa shape index (κ1) is 27.0. The number of anilines is 1. The van der Waals surface area contributed by atoms with E-state index in [1.807, 2.05) is 54.6 Å². The predicted molar refractivity (Wildman–Crippen MR) is 142 cm³/mol. The zero-order valence-corrected chi connectivity index (χ0v) is 20.9. The second-order valence-corrected chi connectivity index (χ2v) is 9.23. The normalized spacial score (nSPS) is 12.5. The van der Waals surface area contributed by atoms with Crippen LogP contribution in [-0.2, 0) is 11.7 Å². The second-order valence-electron chi connectivity index (χ2n) is 9.23. The molecule has 194 valence electrons. The Morgan fingerprint density at radius 2 is 1.16 bits per heavy atom. The Morgan fingerprint density at radius 1 is 0.711 bits per heavy atom. The first-order chi connectivity index (χ1) is 18.1. The molecule has 1 unspecified atom stereocenters. The van der Waals surface area contributed by atoms with Crippen molar-refractivity contribution in [2.75, 3.05) is 5.32 Å². The van der Waals surface area contributed by atoms with Crippen molar-refractivity contribution in [3.63, 3.8) is 0 Å². The molecule has 4 rings (SSSR count). The average molecular weight is 518 g/mol. The molecule has 38 heavy (non-hydrogen) atoms. The summed E-state index contributed by atoms with van der Waals surface area (Å²) in [5.74, 6) is 4.09. The molecule has 0 saturated heterocycles. The van der Waals surface area contributed by atoms with Gasteiger partial charge in [-0.25, -0.2) is 4.39 Å². The third-order valence-corrected chi connectivity index (χ3v) is 6.18. The molecule has 2 nitrogen and oxygen atoms in total. The van der Waals surface area contributed by atoms with E-state index < -0.39 is 34.9 Å². The third kappa shape index (κ3) is 5.58. The van der Waals surface area contributed by atoms with Crippen LogP contribution in [0.1, 0.15) is 47.8 Å². The standard InChI is InChI=1S/C32H27F4NO/c1-22(2)18-19-29(38)27-20-26(33)21-28(32(34,35)36)30(27)37-31(23-12-6-3-7-13-23,24-14-8-4-9-15-24)25-16-10-5-11-17-25/h3-17,20-22,29,37-38H,1-2H3. The molecular formula is C32H27F4NO. The number of benzene rings is 4. The number of hydrogen-bond donors (Lipinski definition) is 2. The number of halogens is 4. The Kier molecular flexibility index (Phi) is 7.89. The van der Waals surface area contributed by atoms with Gasteiger partial charge >= 0.3 is 6.18 Å². The lowest BCUT2D eigenvalue weighted by atomic mass is 9.76. The predicted octanol–water partition coefficient (Wildman–Crippen LogP) is 7.94. The fourth-order valence-electron chi connectivity index (χ4n) is 4.50. The molecule has 4 aromatic carbocycles. The topological polar surface area (TPSA) is 32.3 Å². The number of aliphatic hydroxyl groups is 1. The van der Waals surface area contributed by atoms with Crippen molar-refractivity contribution < 1.29 is 22.7 Å². The van der Waals surface area contributed by atoms with Crippen LogP contribution < -0.4 is 5.32 Å². The van der Waals surface area contributed by atoms with Gasteiger partial charge in [-0.05, 0) is 28.8 Å². The zero-order valence-electron chi connectivity index (χ0n) is 20.9. The maximum absolute atomic E-state index is 14.6. The van der Waals surface area contributed by atoms with Crippen LogP contribution in [0.3, 0.4) is 0 Å². The van der Waals surface area contributed by atoms with Gasteiger partial charge in [-0.3, -0.25) is 0 Å². The van der Waals surface area contributed by atoms with Gasteiger partial charge in [0.1, 0.15) is 17.5 Å². The van der Waals surface area contributed by atoms with Crippen LogP contribution in [0.15, 0.2) is 103 Å². The molecule has 2 N–H and O–H groups in total. The van der Waals surface area contributed by atoms with E-state index in [9.17, 15) is 22.7 Å². The van der Waals surface area contributed by atoms with Crippen molar-refractivity contribution >= 4 is 5.69 Å².